The fourth-order valence-electron chi connectivity index (χ4n) is 3.46. The van der Waals surface area contributed by atoms with Crippen molar-refractivity contribution in [2.45, 2.75) is 32.3 Å². The van der Waals surface area contributed by atoms with Gasteiger partial charge in [0, 0.05) is 30.9 Å². The van der Waals surface area contributed by atoms with Crippen LogP contribution in [0.2, 0.25) is 0 Å². The Morgan fingerprint density at radius 1 is 1.31 bits per heavy atom. The summed E-state index contributed by atoms with van der Waals surface area (Å²) in [5, 5.41) is 11.9. The number of amides is 1. The van der Waals surface area contributed by atoms with Crippen molar-refractivity contribution in [1.82, 2.24) is 5.32 Å². The van der Waals surface area contributed by atoms with Crippen LogP contribution in [0.25, 0.3) is 0 Å². The zero-order valence-corrected chi connectivity index (χ0v) is 15.8. The fraction of sp³-hybridized carbons (Fsp3) is 0.526. The molecule has 1 N–H and O–H groups in total. The van der Waals surface area contributed by atoms with Gasteiger partial charge >= 0.3 is 6.09 Å². The van der Waals surface area contributed by atoms with Crippen LogP contribution in [0.3, 0.4) is 0 Å². The molecule has 138 valence electrons. The summed E-state index contributed by atoms with van der Waals surface area (Å²) in [6, 6.07) is 10.3. The second-order valence-corrected chi connectivity index (χ2v) is 7.47. The molecule has 26 heavy (non-hydrogen) atoms. The van der Waals surface area contributed by atoms with E-state index < -0.39 is 0 Å². The monoisotopic (exact) mass is 372 g/mol. The highest BCUT2D eigenvalue weighted by atomic mass is 32.1. The van der Waals surface area contributed by atoms with E-state index in [0.717, 1.165) is 37.3 Å². The number of benzene rings is 1. The second-order valence-electron chi connectivity index (χ2n) is 6.86. The molecule has 0 unspecified atom stereocenters. The highest BCUT2D eigenvalue weighted by Crippen LogP contribution is 2.28. The van der Waals surface area contributed by atoms with Crippen LogP contribution in [0.15, 0.2) is 24.3 Å². The third-order valence-corrected chi connectivity index (χ3v) is 5.12. The van der Waals surface area contributed by atoms with Crippen molar-refractivity contribution in [2.75, 3.05) is 36.0 Å². The number of nitrogens with one attached hydrogen (secondary N) is 1. The van der Waals surface area contributed by atoms with E-state index in [2.05, 4.69) is 28.4 Å². The van der Waals surface area contributed by atoms with Crippen molar-refractivity contribution in [3.05, 3.63) is 24.3 Å². The number of nitriles is 1. The lowest BCUT2D eigenvalue weighted by Crippen LogP contribution is -2.33. The summed E-state index contributed by atoms with van der Waals surface area (Å²) < 4.78 is 5.39. The van der Waals surface area contributed by atoms with E-state index in [1.165, 1.54) is 0 Å². The second kappa shape index (κ2) is 8.37. The van der Waals surface area contributed by atoms with E-state index in [1.54, 1.807) is 4.90 Å². The Bertz CT molecular complexity index is 692. The van der Waals surface area contributed by atoms with E-state index in [9.17, 15) is 4.79 Å². The topological polar surface area (TPSA) is 68.6 Å². The predicted octanol–water partition coefficient (Wildman–Crippen LogP) is 3.08. The Kier molecular flexibility index (Phi) is 5.94. The summed E-state index contributed by atoms with van der Waals surface area (Å²) in [4.78, 5) is 16.8. The molecule has 2 heterocycles. The maximum atomic E-state index is 12.1. The van der Waals surface area contributed by atoms with Gasteiger partial charge in [-0.25, -0.2) is 4.79 Å². The van der Waals surface area contributed by atoms with Crippen molar-refractivity contribution in [3.63, 3.8) is 0 Å². The number of nitrogens with zero attached hydrogens (tertiary/aromatic N) is 3. The molecule has 2 saturated heterocycles. The molecule has 0 saturated carbocycles. The molecule has 1 aromatic carbocycles. The highest BCUT2D eigenvalue weighted by Gasteiger charge is 2.32. The van der Waals surface area contributed by atoms with Gasteiger partial charge in [0.2, 0.25) is 0 Å². The van der Waals surface area contributed by atoms with E-state index in [0.29, 0.717) is 30.4 Å². The molecule has 3 rings (SSSR count). The zero-order valence-electron chi connectivity index (χ0n) is 15.0. The fourth-order valence-corrected chi connectivity index (χ4v) is 3.55. The average Bonchev–Trinajstić information content (AvgIpc) is 3.02. The zero-order chi connectivity index (χ0) is 18.5. The van der Waals surface area contributed by atoms with Gasteiger partial charge in [-0.05, 0) is 49.9 Å². The molecule has 0 aliphatic carbocycles. The molecule has 0 aromatic heterocycles. The van der Waals surface area contributed by atoms with Gasteiger partial charge < -0.3 is 15.0 Å². The molecule has 1 amide bonds. The first-order valence-corrected chi connectivity index (χ1v) is 9.42. The summed E-state index contributed by atoms with van der Waals surface area (Å²) >= 11 is 5.00. The molecule has 1 aromatic rings. The molecule has 0 spiro atoms. The lowest BCUT2D eigenvalue weighted by molar-refractivity contribution is 0.143. The molecule has 6 nitrogen and oxygen atoms in total. The molecule has 7 heteroatoms. The lowest BCUT2D eigenvalue weighted by atomic mass is 9.94. The Labute approximate surface area is 159 Å². The van der Waals surface area contributed by atoms with E-state index in [-0.39, 0.29) is 12.2 Å². The number of cyclic esters (lactones) is 1. The highest BCUT2D eigenvalue weighted by molar-refractivity contribution is 7.80. The number of thiocarbonyl (C=S) groups is 1. The molecule has 1 atom stereocenters. The molecule has 2 aliphatic rings. The number of rotatable bonds is 5. The van der Waals surface area contributed by atoms with Gasteiger partial charge in [0.25, 0.3) is 0 Å². The van der Waals surface area contributed by atoms with Gasteiger partial charge in [-0.1, -0.05) is 12.2 Å². The Morgan fingerprint density at radius 2 is 1.96 bits per heavy atom. The molecule has 0 bridgehead atoms. The van der Waals surface area contributed by atoms with Crippen molar-refractivity contribution in [2.24, 2.45) is 5.92 Å². The lowest BCUT2D eigenvalue weighted by Gasteiger charge is -2.33. The third kappa shape index (κ3) is 4.44. The normalized spacial score (nSPS) is 20.6. The minimum Gasteiger partial charge on any atom is -0.442 e. The van der Waals surface area contributed by atoms with Crippen LogP contribution < -0.4 is 15.1 Å². The molecule has 2 fully saturated rings. The Morgan fingerprint density at radius 3 is 2.58 bits per heavy atom. The quantitative estimate of drug-likeness (QED) is 0.801. The van der Waals surface area contributed by atoms with Crippen molar-refractivity contribution < 1.29 is 9.53 Å². The van der Waals surface area contributed by atoms with E-state index in [4.69, 9.17) is 22.2 Å². The van der Waals surface area contributed by atoms with Gasteiger partial charge in [-0.15, -0.1) is 0 Å². The van der Waals surface area contributed by atoms with Crippen LogP contribution in [0.5, 0.6) is 0 Å². The summed E-state index contributed by atoms with van der Waals surface area (Å²) in [6.45, 7) is 4.82. The molecular weight excluding hydrogens is 348 g/mol. The third-order valence-electron chi connectivity index (χ3n) is 4.97. The first-order chi connectivity index (χ1) is 12.6. The van der Waals surface area contributed by atoms with Crippen LogP contribution in [-0.4, -0.2) is 43.4 Å². The van der Waals surface area contributed by atoms with Crippen molar-refractivity contribution >= 4 is 34.7 Å². The summed E-state index contributed by atoms with van der Waals surface area (Å²) in [5.41, 5.74) is 2.01. The number of hydrogen-bond donors (Lipinski definition) is 1. The number of piperidine rings is 1. The maximum absolute atomic E-state index is 12.1. The number of ether oxygens (including phenoxy) is 1. The Hall–Kier alpha value is -2.33. The Balaban J connectivity index is 1.57. The van der Waals surface area contributed by atoms with Crippen molar-refractivity contribution in [1.29, 1.82) is 5.26 Å². The van der Waals surface area contributed by atoms with Gasteiger partial charge in [0.05, 0.1) is 24.1 Å². The van der Waals surface area contributed by atoms with Crippen LogP contribution in [-0.2, 0) is 4.74 Å². The molecular formula is C19H24N4O2S. The summed E-state index contributed by atoms with van der Waals surface area (Å²) in [7, 11) is 0. The SMILES string of the molecule is CC(=S)NC[C@H]1CN(c2ccc(N3CCC(CC#N)CC3)cc2)C(=O)O1. The summed E-state index contributed by atoms with van der Waals surface area (Å²) in [5.74, 6) is 0.524. The summed E-state index contributed by atoms with van der Waals surface area (Å²) in [6.07, 6.45) is 2.26. The average molecular weight is 372 g/mol. The van der Waals surface area contributed by atoms with Gasteiger partial charge in [-0.3, -0.25) is 4.90 Å². The minimum atomic E-state index is -0.316. The van der Waals surface area contributed by atoms with Gasteiger partial charge in [0.1, 0.15) is 6.10 Å². The van der Waals surface area contributed by atoms with Gasteiger partial charge in [-0.2, -0.15) is 5.26 Å². The predicted molar refractivity (Wildman–Crippen MR) is 105 cm³/mol. The van der Waals surface area contributed by atoms with Crippen LogP contribution >= 0.6 is 12.2 Å². The molecule has 2 aliphatic heterocycles. The number of anilines is 2. The standard InChI is InChI=1S/C19H24N4O2S/c1-14(26)21-12-18-13-23(19(24)25-18)17-4-2-16(3-5-17)22-10-7-15(6-9-20)8-11-22/h2-5,15,18H,6-8,10-13H2,1H3,(H,21,26)/t18-/m0/s1. The number of carbonyl (C=O) groups excluding carboxylic acids is 1. The first-order valence-electron chi connectivity index (χ1n) is 9.01. The minimum absolute atomic E-state index is 0.195. The van der Waals surface area contributed by atoms with Crippen LogP contribution in [0, 0.1) is 17.2 Å². The molecule has 0 radical (unpaired) electrons. The first kappa shape index (κ1) is 18.5. The van der Waals surface area contributed by atoms with E-state index >= 15 is 0 Å². The number of carbonyl (C=O) groups is 1. The van der Waals surface area contributed by atoms with E-state index in [1.807, 2.05) is 19.1 Å². The largest absolute Gasteiger partial charge is 0.442 e. The smallest absolute Gasteiger partial charge is 0.414 e. The van der Waals surface area contributed by atoms with Gasteiger partial charge in [0.15, 0.2) is 0 Å². The number of hydrogen-bond acceptors (Lipinski definition) is 5. The van der Waals surface area contributed by atoms with Crippen molar-refractivity contribution in [3.8, 4) is 6.07 Å². The van der Waals surface area contributed by atoms with Crippen LogP contribution in [0.1, 0.15) is 26.2 Å². The maximum Gasteiger partial charge on any atom is 0.414 e. The van der Waals surface area contributed by atoms with Crippen LogP contribution in [0.4, 0.5) is 16.2 Å².